The second-order valence-corrected chi connectivity index (χ2v) is 4.39. The molecule has 0 radical (unpaired) electrons. The fourth-order valence-electron chi connectivity index (χ4n) is 1.65. The summed E-state index contributed by atoms with van der Waals surface area (Å²) >= 11 is 5.63. The third-order valence-corrected chi connectivity index (χ3v) is 2.82. The molecule has 0 saturated heterocycles. The highest BCUT2D eigenvalue weighted by Gasteiger charge is 2.05. The van der Waals surface area contributed by atoms with Crippen molar-refractivity contribution in [2.75, 3.05) is 5.73 Å². The molecule has 2 rings (SSSR count). The van der Waals surface area contributed by atoms with E-state index in [9.17, 15) is 4.39 Å². The second-order valence-electron chi connectivity index (χ2n) is 3.98. The number of benzene rings is 1. The van der Waals surface area contributed by atoms with Gasteiger partial charge in [0, 0.05) is 12.6 Å². The zero-order valence-electron chi connectivity index (χ0n) is 9.37. The van der Waals surface area contributed by atoms with Crippen LogP contribution in [0.15, 0.2) is 30.5 Å². The maximum absolute atomic E-state index is 13.3. The van der Waals surface area contributed by atoms with Crippen molar-refractivity contribution >= 4 is 17.4 Å². The molecule has 0 aliphatic carbocycles. The summed E-state index contributed by atoms with van der Waals surface area (Å²) in [6, 6.07) is 6.71. The van der Waals surface area contributed by atoms with E-state index in [1.54, 1.807) is 18.3 Å². The minimum absolute atomic E-state index is 0.129. The molecule has 1 heterocycles. The Morgan fingerprint density at radius 1 is 1.35 bits per heavy atom. The van der Waals surface area contributed by atoms with Crippen LogP contribution < -0.4 is 5.73 Å². The highest BCUT2D eigenvalue weighted by atomic mass is 35.5. The molecule has 4 heteroatoms. The fourth-order valence-corrected chi connectivity index (χ4v) is 1.77. The third-order valence-electron chi connectivity index (χ3n) is 2.52. The molecule has 0 saturated carbocycles. The van der Waals surface area contributed by atoms with Crippen molar-refractivity contribution in [1.29, 1.82) is 0 Å². The number of nitrogens with zero attached hydrogens (tertiary/aromatic N) is 1. The molecule has 0 fully saturated rings. The van der Waals surface area contributed by atoms with Gasteiger partial charge >= 0.3 is 0 Å². The molecule has 88 valence electrons. The molecule has 2 nitrogen and oxygen atoms in total. The number of anilines is 1. The zero-order chi connectivity index (χ0) is 12.4. The van der Waals surface area contributed by atoms with E-state index in [0.717, 1.165) is 16.7 Å². The van der Waals surface area contributed by atoms with Crippen LogP contribution in [0.5, 0.6) is 0 Å². The summed E-state index contributed by atoms with van der Waals surface area (Å²) in [6.07, 6.45) is 2.26. The van der Waals surface area contributed by atoms with Crippen molar-refractivity contribution in [3.05, 3.63) is 58.0 Å². The van der Waals surface area contributed by atoms with Crippen LogP contribution in [0.4, 0.5) is 10.2 Å². The molecule has 0 amide bonds. The van der Waals surface area contributed by atoms with Crippen LogP contribution in [0.2, 0.25) is 5.02 Å². The highest BCUT2D eigenvalue weighted by molar-refractivity contribution is 6.30. The first-order chi connectivity index (χ1) is 8.06. The monoisotopic (exact) mass is 250 g/mol. The topological polar surface area (TPSA) is 38.9 Å². The molecule has 0 bridgehead atoms. The molecule has 0 aliphatic heterocycles. The first kappa shape index (κ1) is 11.9. The predicted molar refractivity (Wildman–Crippen MR) is 67.6 cm³/mol. The van der Waals surface area contributed by atoms with E-state index in [1.807, 2.05) is 13.0 Å². The van der Waals surface area contributed by atoms with Gasteiger partial charge in [0.1, 0.15) is 11.6 Å². The van der Waals surface area contributed by atoms with Crippen molar-refractivity contribution in [3.8, 4) is 0 Å². The summed E-state index contributed by atoms with van der Waals surface area (Å²) in [5, 5.41) is 0.129. The Balaban J connectivity index is 2.31. The van der Waals surface area contributed by atoms with Crippen LogP contribution in [0.1, 0.15) is 16.7 Å². The van der Waals surface area contributed by atoms with Crippen LogP contribution in [-0.4, -0.2) is 4.98 Å². The molecule has 0 spiro atoms. The summed E-state index contributed by atoms with van der Waals surface area (Å²) in [5.74, 6) is 0.0642. The number of hydrogen-bond donors (Lipinski definition) is 1. The lowest BCUT2D eigenvalue weighted by molar-refractivity contribution is 0.626. The van der Waals surface area contributed by atoms with Crippen LogP contribution in [-0.2, 0) is 6.42 Å². The summed E-state index contributed by atoms with van der Waals surface area (Å²) < 4.78 is 13.3. The molecular weight excluding hydrogens is 239 g/mol. The van der Waals surface area contributed by atoms with Gasteiger partial charge in [0.15, 0.2) is 0 Å². The lowest BCUT2D eigenvalue weighted by Crippen LogP contribution is -1.99. The third kappa shape index (κ3) is 2.74. The number of aromatic nitrogens is 1. The molecule has 17 heavy (non-hydrogen) atoms. The van der Waals surface area contributed by atoms with E-state index in [2.05, 4.69) is 4.98 Å². The number of nitrogens with two attached hydrogens (primary N) is 1. The van der Waals surface area contributed by atoms with Gasteiger partial charge in [-0.2, -0.15) is 0 Å². The Bertz CT molecular complexity index is 555. The van der Waals surface area contributed by atoms with Crippen molar-refractivity contribution in [2.45, 2.75) is 13.3 Å². The number of nitrogen functional groups attached to an aromatic ring is 1. The van der Waals surface area contributed by atoms with Gasteiger partial charge in [0.2, 0.25) is 0 Å². The average molecular weight is 251 g/mol. The summed E-state index contributed by atoms with van der Waals surface area (Å²) in [5.41, 5.74) is 8.53. The van der Waals surface area contributed by atoms with Crippen molar-refractivity contribution < 1.29 is 4.39 Å². The first-order valence-electron chi connectivity index (χ1n) is 5.21. The molecular formula is C13H12ClFN2. The Labute approximate surface area is 104 Å². The predicted octanol–water partition coefficient (Wildman–Crippen LogP) is 3.36. The number of aryl methyl sites for hydroxylation is 1. The Morgan fingerprint density at radius 3 is 2.82 bits per heavy atom. The highest BCUT2D eigenvalue weighted by Crippen LogP contribution is 2.20. The molecule has 0 atom stereocenters. The number of halogens is 2. The van der Waals surface area contributed by atoms with Crippen LogP contribution in [0.25, 0.3) is 0 Å². The van der Waals surface area contributed by atoms with Gasteiger partial charge in [-0.15, -0.1) is 0 Å². The van der Waals surface area contributed by atoms with E-state index in [-0.39, 0.29) is 5.02 Å². The summed E-state index contributed by atoms with van der Waals surface area (Å²) in [7, 11) is 0. The molecule has 1 aromatic heterocycles. The fraction of sp³-hybridized carbons (Fsp3) is 0.154. The molecule has 2 aromatic rings. The Morgan fingerprint density at radius 2 is 2.12 bits per heavy atom. The van der Waals surface area contributed by atoms with Gasteiger partial charge in [-0.05, 0) is 35.7 Å². The van der Waals surface area contributed by atoms with Crippen molar-refractivity contribution in [2.24, 2.45) is 0 Å². The smallest absolute Gasteiger partial charge is 0.142 e. The first-order valence-corrected chi connectivity index (χ1v) is 5.59. The summed E-state index contributed by atoms with van der Waals surface area (Å²) in [4.78, 5) is 4.07. The summed E-state index contributed by atoms with van der Waals surface area (Å²) in [6.45, 7) is 1.94. The minimum Gasteiger partial charge on any atom is -0.383 e. The van der Waals surface area contributed by atoms with E-state index < -0.39 is 5.82 Å². The zero-order valence-corrected chi connectivity index (χ0v) is 10.1. The number of hydrogen-bond acceptors (Lipinski definition) is 2. The van der Waals surface area contributed by atoms with E-state index >= 15 is 0 Å². The van der Waals surface area contributed by atoms with Gasteiger partial charge in [-0.1, -0.05) is 23.7 Å². The van der Waals surface area contributed by atoms with E-state index in [1.165, 1.54) is 6.07 Å². The number of rotatable bonds is 2. The lowest BCUT2D eigenvalue weighted by atomic mass is 10.0. The molecule has 1 aromatic carbocycles. The van der Waals surface area contributed by atoms with Crippen LogP contribution in [0.3, 0.4) is 0 Å². The van der Waals surface area contributed by atoms with E-state index in [4.69, 9.17) is 17.3 Å². The molecule has 2 N–H and O–H groups in total. The minimum atomic E-state index is -0.414. The largest absolute Gasteiger partial charge is 0.383 e. The standard InChI is InChI=1S/C13H12ClFN2/c1-8-4-10(13(16)17-7-8)5-9-2-3-11(14)12(15)6-9/h2-4,6-7H,5H2,1H3,(H2,16,17). The van der Waals surface area contributed by atoms with E-state index in [0.29, 0.717) is 12.2 Å². The lowest BCUT2D eigenvalue weighted by Gasteiger charge is -2.06. The Hall–Kier alpha value is -1.61. The molecule has 0 aliphatic rings. The molecule has 0 unspecified atom stereocenters. The maximum atomic E-state index is 13.3. The van der Waals surface area contributed by atoms with Gasteiger partial charge < -0.3 is 5.73 Å². The van der Waals surface area contributed by atoms with Gasteiger partial charge in [0.05, 0.1) is 5.02 Å². The van der Waals surface area contributed by atoms with Crippen LogP contribution >= 0.6 is 11.6 Å². The number of pyridine rings is 1. The Kier molecular flexibility index (Phi) is 3.29. The van der Waals surface area contributed by atoms with Gasteiger partial charge in [-0.3, -0.25) is 0 Å². The van der Waals surface area contributed by atoms with Gasteiger partial charge in [0.25, 0.3) is 0 Å². The van der Waals surface area contributed by atoms with Crippen molar-refractivity contribution in [3.63, 3.8) is 0 Å². The quantitative estimate of drug-likeness (QED) is 0.888. The van der Waals surface area contributed by atoms with Gasteiger partial charge in [-0.25, -0.2) is 9.37 Å². The van der Waals surface area contributed by atoms with Crippen molar-refractivity contribution in [1.82, 2.24) is 4.98 Å². The van der Waals surface area contributed by atoms with Crippen LogP contribution in [0, 0.1) is 12.7 Å². The average Bonchev–Trinajstić information content (AvgIpc) is 2.29. The SMILES string of the molecule is Cc1cnc(N)c(Cc2ccc(Cl)c(F)c2)c1. The second kappa shape index (κ2) is 4.72. The normalized spacial score (nSPS) is 10.5. The maximum Gasteiger partial charge on any atom is 0.142 e.